The van der Waals surface area contributed by atoms with Gasteiger partial charge < -0.3 is 9.84 Å². The Labute approximate surface area is 92.9 Å². The van der Waals surface area contributed by atoms with E-state index in [2.05, 4.69) is 5.10 Å². The second kappa shape index (κ2) is 4.22. The number of ether oxygens (including phenoxy) is 1. The number of hydrogen-bond donors (Lipinski definition) is 1. The molecule has 1 amide bonds. The average Bonchev–Trinajstić information content (AvgIpc) is 2.78. The number of amides is 1. The normalized spacial score (nSPS) is 14.8. The zero-order valence-corrected chi connectivity index (χ0v) is 8.88. The monoisotopic (exact) mass is 220 g/mol. The van der Waals surface area contributed by atoms with Crippen LogP contribution in [0.25, 0.3) is 0 Å². The first-order chi connectivity index (χ1) is 7.70. The Morgan fingerprint density at radius 3 is 2.62 bits per heavy atom. The van der Waals surface area contributed by atoms with Gasteiger partial charge >= 0.3 is 6.09 Å². The molecule has 5 nitrogen and oxygen atoms in total. The van der Waals surface area contributed by atoms with Gasteiger partial charge in [0.2, 0.25) is 0 Å². The van der Waals surface area contributed by atoms with Crippen molar-refractivity contribution in [3.05, 3.63) is 29.8 Å². The van der Waals surface area contributed by atoms with Crippen molar-refractivity contribution < 1.29 is 14.6 Å². The second-order valence-corrected chi connectivity index (χ2v) is 3.43. The van der Waals surface area contributed by atoms with E-state index >= 15 is 0 Å². The number of methoxy groups -OCH3 is 1. The largest absolute Gasteiger partial charge is 0.497 e. The van der Waals surface area contributed by atoms with E-state index in [9.17, 15) is 4.79 Å². The predicted molar refractivity (Wildman–Crippen MR) is 58.9 cm³/mol. The zero-order valence-electron chi connectivity index (χ0n) is 8.88. The van der Waals surface area contributed by atoms with Gasteiger partial charge in [-0.3, -0.25) is 0 Å². The summed E-state index contributed by atoms with van der Waals surface area (Å²) in [5.41, 5.74) is 1.73. The lowest BCUT2D eigenvalue weighted by Crippen LogP contribution is -2.20. The maximum absolute atomic E-state index is 10.7. The molecular formula is C11H12N2O3. The van der Waals surface area contributed by atoms with Crippen LogP contribution in [-0.4, -0.2) is 35.6 Å². The summed E-state index contributed by atoms with van der Waals surface area (Å²) in [6.07, 6.45) is -0.359. The first kappa shape index (κ1) is 10.5. The van der Waals surface area contributed by atoms with Crippen LogP contribution in [0.1, 0.15) is 12.0 Å². The summed E-state index contributed by atoms with van der Waals surface area (Å²) in [6, 6.07) is 7.43. The second-order valence-electron chi connectivity index (χ2n) is 3.43. The van der Waals surface area contributed by atoms with Crippen molar-refractivity contribution in [1.29, 1.82) is 0 Å². The van der Waals surface area contributed by atoms with Gasteiger partial charge in [-0.25, -0.2) is 4.79 Å². The van der Waals surface area contributed by atoms with Crippen LogP contribution < -0.4 is 4.74 Å². The molecule has 0 atom stereocenters. The van der Waals surface area contributed by atoms with E-state index in [4.69, 9.17) is 9.84 Å². The van der Waals surface area contributed by atoms with Crippen LogP contribution in [-0.2, 0) is 0 Å². The summed E-state index contributed by atoms with van der Waals surface area (Å²) in [5.74, 6) is 0.775. The van der Waals surface area contributed by atoms with Crippen LogP contribution >= 0.6 is 0 Å². The van der Waals surface area contributed by atoms with Gasteiger partial charge in [-0.2, -0.15) is 10.1 Å². The molecule has 0 saturated carbocycles. The molecule has 2 rings (SSSR count). The van der Waals surface area contributed by atoms with Crippen LogP contribution in [0, 0.1) is 0 Å². The van der Waals surface area contributed by atoms with Crippen molar-refractivity contribution in [2.75, 3.05) is 13.7 Å². The van der Waals surface area contributed by atoms with Crippen LogP contribution in [0.15, 0.2) is 29.4 Å². The summed E-state index contributed by atoms with van der Waals surface area (Å²) in [6.45, 7) is 0.427. The summed E-state index contributed by atoms with van der Waals surface area (Å²) in [5, 5.41) is 13.8. The van der Waals surface area contributed by atoms with Gasteiger partial charge in [0.15, 0.2) is 0 Å². The van der Waals surface area contributed by atoms with E-state index in [-0.39, 0.29) is 0 Å². The van der Waals surface area contributed by atoms with Crippen LogP contribution in [0.4, 0.5) is 4.79 Å². The number of carboxylic acid groups (broad SMARTS) is 1. The summed E-state index contributed by atoms with van der Waals surface area (Å²) < 4.78 is 5.05. The molecule has 0 bridgehead atoms. The Balaban J connectivity index is 2.19. The lowest BCUT2D eigenvalue weighted by molar-refractivity contribution is 0.152. The Bertz CT molecular complexity index is 425. The van der Waals surface area contributed by atoms with Gasteiger partial charge in [-0.05, 0) is 29.8 Å². The Morgan fingerprint density at radius 2 is 2.12 bits per heavy atom. The number of carbonyl (C=O) groups is 1. The number of hydrogen-bond acceptors (Lipinski definition) is 3. The van der Waals surface area contributed by atoms with E-state index in [0.29, 0.717) is 13.0 Å². The standard InChI is InChI=1S/C11H12N2O3/c1-16-9-4-2-8(3-5-9)10-6-7-13(12-10)11(14)15/h2-5H,6-7H2,1H3,(H,14,15). The highest BCUT2D eigenvalue weighted by atomic mass is 16.5. The maximum Gasteiger partial charge on any atom is 0.427 e. The van der Waals surface area contributed by atoms with Crippen molar-refractivity contribution in [3.63, 3.8) is 0 Å². The van der Waals surface area contributed by atoms with Gasteiger partial charge in [0.25, 0.3) is 0 Å². The predicted octanol–water partition coefficient (Wildman–Crippen LogP) is 1.78. The molecule has 1 aromatic rings. The van der Waals surface area contributed by atoms with Gasteiger partial charge in [-0.1, -0.05) is 0 Å². The van der Waals surface area contributed by atoms with E-state index in [0.717, 1.165) is 22.0 Å². The van der Waals surface area contributed by atoms with Gasteiger partial charge in [-0.15, -0.1) is 0 Å². The number of hydrazone groups is 1. The summed E-state index contributed by atoms with van der Waals surface area (Å²) >= 11 is 0. The quantitative estimate of drug-likeness (QED) is 0.826. The third kappa shape index (κ3) is 1.98. The Kier molecular flexibility index (Phi) is 2.76. The van der Waals surface area contributed by atoms with Gasteiger partial charge in [0.1, 0.15) is 5.75 Å². The highest BCUT2D eigenvalue weighted by Crippen LogP contribution is 2.17. The van der Waals surface area contributed by atoms with Crippen molar-refractivity contribution in [2.24, 2.45) is 5.10 Å². The fourth-order valence-corrected chi connectivity index (χ4v) is 1.58. The molecule has 0 unspecified atom stereocenters. The third-order valence-electron chi connectivity index (χ3n) is 2.45. The molecule has 0 radical (unpaired) electrons. The third-order valence-corrected chi connectivity index (χ3v) is 2.45. The number of nitrogens with zero attached hydrogens (tertiary/aromatic N) is 2. The number of rotatable bonds is 2. The Morgan fingerprint density at radius 1 is 1.44 bits per heavy atom. The molecule has 84 valence electrons. The fourth-order valence-electron chi connectivity index (χ4n) is 1.58. The molecule has 1 aliphatic rings. The minimum absolute atomic E-state index is 0.427. The highest BCUT2D eigenvalue weighted by Gasteiger charge is 2.20. The fraction of sp³-hybridized carbons (Fsp3) is 0.273. The summed E-state index contributed by atoms with van der Waals surface area (Å²) in [7, 11) is 1.61. The molecule has 1 heterocycles. The molecule has 0 spiro atoms. The van der Waals surface area contributed by atoms with Crippen molar-refractivity contribution in [3.8, 4) is 5.75 Å². The van der Waals surface area contributed by atoms with Crippen LogP contribution in [0.3, 0.4) is 0 Å². The topological polar surface area (TPSA) is 62.1 Å². The molecule has 5 heteroatoms. The minimum Gasteiger partial charge on any atom is -0.497 e. The lowest BCUT2D eigenvalue weighted by atomic mass is 10.1. The highest BCUT2D eigenvalue weighted by molar-refractivity contribution is 6.02. The maximum atomic E-state index is 10.7. The molecule has 0 fully saturated rings. The van der Waals surface area contributed by atoms with Crippen molar-refractivity contribution >= 4 is 11.8 Å². The first-order valence-corrected chi connectivity index (χ1v) is 4.93. The molecule has 1 N–H and O–H groups in total. The molecule has 16 heavy (non-hydrogen) atoms. The van der Waals surface area contributed by atoms with E-state index in [1.807, 2.05) is 24.3 Å². The van der Waals surface area contributed by atoms with Crippen LogP contribution in [0.2, 0.25) is 0 Å². The molecule has 0 aliphatic carbocycles. The molecule has 1 aliphatic heterocycles. The molecule has 0 saturated heterocycles. The van der Waals surface area contributed by atoms with Gasteiger partial charge in [0, 0.05) is 6.42 Å². The van der Waals surface area contributed by atoms with Gasteiger partial charge in [0.05, 0.1) is 19.4 Å². The molecular weight excluding hydrogens is 208 g/mol. The van der Waals surface area contributed by atoms with E-state index < -0.39 is 6.09 Å². The first-order valence-electron chi connectivity index (χ1n) is 4.93. The SMILES string of the molecule is COc1ccc(C2=NN(C(=O)O)CC2)cc1. The smallest absolute Gasteiger partial charge is 0.427 e. The van der Waals surface area contributed by atoms with Crippen molar-refractivity contribution in [1.82, 2.24) is 5.01 Å². The van der Waals surface area contributed by atoms with Crippen molar-refractivity contribution in [2.45, 2.75) is 6.42 Å². The zero-order chi connectivity index (χ0) is 11.5. The van der Waals surface area contributed by atoms with Crippen LogP contribution in [0.5, 0.6) is 5.75 Å². The minimum atomic E-state index is -1.01. The van der Waals surface area contributed by atoms with E-state index in [1.54, 1.807) is 7.11 Å². The summed E-state index contributed by atoms with van der Waals surface area (Å²) in [4.78, 5) is 10.7. The Hall–Kier alpha value is -2.04. The average molecular weight is 220 g/mol. The van der Waals surface area contributed by atoms with E-state index in [1.165, 1.54) is 0 Å². The molecule has 1 aromatic carbocycles. The lowest BCUT2D eigenvalue weighted by Gasteiger charge is -2.03. The molecule has 0 aromatic heterocycles. The number of benzene rings is 1.